The van der Waals surface area contributed by atoms with Gasteiger partial charge in [-0.05, 0) is 37.5 Å². The van der Waals surface area contributed by atoms with Gasteiger partial charge in [-0.15, -0.1) is 0 Å². The van der Waals surface area contributed by atoms with Crippen LogP contribution in [0, 0.1) is 0 Å². The fourth-order valence-electron chi connectivity index (χ4n) is 3.16. The van der Waals surface area contributed by atoms with Crippen molar-refractivity contribution in [2.45, 2.75) is 25.3 Å². The van der Waals surface area contributed by atoms with Gasteiger partial charge in [0.15, 0.2) is 0 Å². The van der Waals surface area contributed by atoms with E-state index in [1.54, 1.807) is 18.7 Å². The third-order valence-corrected chi connectivity index (χ3v) is 4.30. The molecule has 1 saturated heterocycles. The summed E-state index contributed by atoms with van der Waals surface area (Å²) in [4.78, 5) is 19.0. The zero-order valence-corrected chi connectivity index (χ0v) is 12.1. The number of pyridine rings is 1. The van der Waals surface area contributed by atoms with Gasteiger partial charge in [0.2, 0.25) is 0 Å². The van der Waals surface area contributed by atoms with Gasteiger partial charge in [-0.25, -0.2) is 4.98 Å². The average Bonchev–Trinajstić information content (AvgIpc) is 3.24. The van der Waals surface area contributed by atoms with E-state index in [4.69, 9.17) is 0 Å². The molecular formula is C16H17N5O. The lowest BCUT2D eigenvalue weighted by molar-refractivity contribution is 0.0605. The fourth-order valence-corrected chi connectivity index (χ4v) is 3.16. The summed E-state index contributed by atoms with van der Waals surface area (Å²) in [5, 5.41) is 7.03. The second-order valence-electron chi connectivity index (χ2n) is 5.67. The molecule has 1 aliphatic heterocycles. The first-order chi connectivity index (χ1) is 10.8. The number of H-pyrrole nitrogens is 1. The minimum atomic E-state index is 0.0647. The van der Waals surface area contributed by atoms with Gasteiger partial charge in [0.05, 0.1) is 35.3 Å². The van der Waals surface area contributed by atoms with Gasteiger partial charge in [0.1, 0.15) is 0 Å². The minimum absolute atomic E-state index is 0.0647. The van der Waals surface area contributed by atoms with Crippen molar-refractivity contribution in [2.75, 3.05) is 6.54 Å². The van der Waals surface area contributed by atoms with E-state index in [1.807, 2.05) is 33.7 Å². The van der Waals surface area contributed by atoms with Gasteiger partial charge in [0.25, 0.3) is 5.91 Å². The summed E-state index contributed by atoms with van der Waals surface area (Å²) in [7, 11) is 0. The molecule has 6 nitrogen and oxygen atoms in total. The second-order valence-corrected chi connectivity index (χ2v) is 5.67. The van der Waals surface area contributed by atoms with Crippen LogP contribution < -0.4 is 0 Å². The Morgan fingerprint density at radius 1 is 1.27 bits per heavy atom. The fraction of sp³-hybridized carbons (Fsp3) is 0.312. The lowest BCUT2D eigenvalue weighted by Gasteiger charge is -2.35. The smallest absolute Gasteiger partial charge is 0.255 e. The highest BCUT2D eigenvalue weighted by Gasteiger charge is 2.29. The number of likely N-dealkylation sites (tertiary alicyclic amines) is 1. The van der Waals surface area contributed by atoms with Crippen LogP contribution >= 0.6 is 0 Å². The van der Waals surface area contributed by atoms with Gasteiger partial charge in [0, 0.05) is 18.9 Å². The molecule has 4 rings (SSSR count). The molecule has 3 aromatic rings. The number of piperidine rings is 1. The van der Waals surface area contributed by atoms with E-state index < -0.39 is 0 Å². The van der Waals surface area contributed by atoms with E-state index in [1.165, 1.54) is 0 Å². The number of aromatic amines is 1. The van der Waals surface area contributed by atoms with Crippen molar-refractivity contribution >= 4 is 11.4 Å². The van der Waals surface area contributed by atoms with E-state index in [0.29, 0.717) is 5.56 Å². The molecule has 6 heteroatoms. The van der Waals surface area contributed by atoms with Crippen molar-refractivity contribution in [1.29, 1.82) is 0 Å². The molecular weight excluding hydrogens is 278 g/mol. The highest BCUT2D eigenvalue weighted by atomic mass is 16.2. The standard InChI is InChI=1S/C16H17N5O/c22-16(12-4-5-13-9-17-11-20(13)10-12)21-8-2-1-3-15(21)14-6-7-18-19-14/h4-7,9-11,15H,1-3,8H2,(H,18,19). The number of rotatable bonds is 2. The summed E-state index contributed by atoms with van der Waals surface area (Å²) in [6.45, 7) is 0.782. The van der Waals surface area contributed by atoms with Crippen LogP contribution in [0.5, 0.6) is 0 Å². The molecule has 1 amide bonds. The summed E-state index contributed by atoms with van der Waals surface area (Å²) < 4.78 is 1.88. The maximum Gasteiger partial charge on any atom is 0.255 e. The van der Waals surface area contributed by atoms with Crippen LogP contribution in [0.25, 0.3) is 5.52 Å². The lowest BCUT2D eigenvalue weighted by atomic mass is 9.98. The third kappa shape index (κ3) is 2.16. The first-order valence-electron chi connectivity index (χ1n) is 7.55. The molecule has 0 aromatic carbocycles. The Hall–Kier alpha value is -2.63. The Labute approximate surface area is 127 Å². The SMILES string of the molecule is O=C(c1ccc2cncn2c1)N1CCCCC1c1ccn[nH]1. The molecule has 0 bridgehead atoms. The zero-order chi connectivity index (χ0) is 14.9. The van der Waals surface area contributed by atoms with Gasteiger partial charge >= 0.3 is 0 Å². The predicted molar refractivity (Wildman–Crippen MR) is 81.4 cm³/mol. The average molecular weight is 295 g/mol. The molecule has 1 unspecified atom stereocenters. The topological polar surface area (TPSA) is 66.3 Å². The van der Waals surface area contributed by atoms with E-state index in [-0.39, 0.29) is 11.9 Å². The highest BCUT2D eigenvalue weighted by Crippen LogP contribution is 2.30. The Morgan fingerprint density at radius 3 is 3.09 bits per heavy atom. The van der Waals surface area contributed by atoms with Crippen molar-refractivity contribution in [3.8, 4) is 0 Å². The largest absolute Gasteiger partial charge is 0.330 e. The summed E-state index contributed by atoms with van der Waals surface area (Å²) in [5.41, 5.74) is 2.69. The summed E-state index contributed by atoms with van der Waals surface area (Å²) in [5.74, 6) is 0.0647. The number of carbonyl (C=O) groups is 1. The molecule has 1 aliphatic rings. The molecule has 22 heavy (non-hydrogen) atoms. The maximum absolute atomic E-state index is 12.9. The molecule has 4 heterocycles. The summed E-state index contributed by atoms with van der Waals surface area (Å²) in [6, 6.07) is 5.84. The van der Waals surface area contributed by atoms with Crippen LogP contribution in [0.1, 0.15) is 41.4 Å². The van der Waals surface area contributed by atoms with Gasteiger partial charge in [-0.3, -0.25) is 9.89 Å². The Bertz CT molecular complexity index is 792. The number of hydrogen-bond acceptors (Lipinski definition) is 3. The Morgan fingerprint density at radius 2 is 2.23 bits per heavy atom. The van der Waals surface area contributed by atoms with Crippen LogP contribution in [0.15, 0.2) is 43.1 Å². The molecule has 0 spiro atoms. The van der Waals surface area contributed by atoms with Crippen LogP contribution in [-0.2, 0) is 0 Å². The Kier molecular flexibility index (Phi) is 3.14. The van der Waals surface area contributed by atoms with E-state index >= 15 is 0 Å². The minimum Gasteiger partial charge on any atom is -0.330 e. The molecule has 1 fully saturated rings. The molecule has 112 valence electrons. The molecule has 1 N–H and O–H groups in total. The molecule has 0 aliphatic carbocycles. The van der Waals surface area contributed by atoms with Crippen molar-refractivity contribution in [3.05, 3.63) is 54.4 Å². The van der Waals surface area contributed by atoms with E-state index in [9.17, 15) is 4.79 Å². The van der Waals surface area contributed by atoms with Crippen molar-refractivity contribution in [1.82, 2.24) is 24.5 Å². The second kappa shape index (κ2) is 5.29. The normalized spacial score (nSPS) is 18.7. The van der Waals surface area contributed by atoms with Crippen molar-refractivity contribution in [2.24, 2.45) is 0 Å². The van der Waals surface area contributed by atoms with Gasteiger partial charge < -0.3 is 9.30 Å². The van der Waals surface area contributed by atoms with Crippen molar-refractivity contribution in [3.63, 3.8) is 0 Å². The monoisotopic (exact) mass is 295 g/mol. The number of imidazole rings is 1. The first-order valence-corrected chi connectivity index (χ1v) is 7.55. The van der Waals surface area contributed by atoms with Crippen molar-refractivity contribution < 1.29 is 4.79 Å². The number of hydrogen-bond donors (Lipinski definition) is 1. The number of fused-ring (bicyclic) bond motifs is 1. The Balaban J connectivity index is 1.67. The molecule has 1 atom stereocenters. The van der Waals surface area contributed by atoms with Crippen LogP contribution in [0.2, 0.25) is 0 Å². The third-order valence-electron chi connectivity index (χ3n) is 4.30. The van der Waals surface area contributed by atoms with Crippen LogP contribution in [-0.4, -0.2) is 36.9 Å². The quantitative estimate of drug-likeness (QED) is 0.789. The van der Waals surface area contributed by atoms with E-state index in [0.717, 1.165) is 37.0 Å². The van der Waals surface area contributed by atoms with Gasteiger partial charge in [-0.1, -0.05) is 0 Å². The van der Waals surface area contributed by atoms with Crippen LogP contribution in [0.4, 0.5) is 0 Å². The maximum atomic E-state index is 12.9. The summed E-state index contributed by atoms with van der Waals surface area (Å²) >= 11 is 0. The highest BCUT2D eigenvalue weighted by molar-refractivity contribution is 5.94. The van der Waals surface area contributed by atoms with E-state index in [2.05, 4.69) is 15.2 Å². The van der Waals surface area contributed by atoms with Gasteiger partial charge in [-0.2, -0.15) is 5.10 Å². The zero-order valence-electron chi connectivity index (χ0n) is 12.1. The first kappa shape index (κ1) is 13.1. The van der Waals surface area contributed by atoms with Crippen LogP contribution in [0.3, 0.4) is 0 Å². The number of nitrogens with zero attached hydrogens (tertiary/aromatic N) is 4. The number of carbonyl (C=O) groups excluding carboxylic acids is 1. The lowest BCUT2D eigenvalue weighted by Crippen LogP contribution is -2.38. The molecule has 0 radical (unpaired) electrons. The molecule has 0 saturated carbocycles. The number of aromatic nitrogens is 4. The predicted octanol–water partition coefficient (Wildman–Crippen LogP) is 2.42. The molecule has 3 aromatic heterocycles. The summed E-state index contributed by atoms with van der Waals surface area (Å²) in [6.07, 6.45) is 10.2. The number of nitrogens with one attached hydrogen (secondary N) is 1. The number of amides is 1.